The lowest BCUT2D eigenvalue weighted by molar-refractivity contribution is 0.797. The Morgan fingerprint density at radius 2 is 2.50 bits per heavy atom. The van der Waals surface area contributed by atoms with Crippen LogP contribution in [0.5, 0.6) is 0 Å². The molecule has 10 heavy (non-hydrogen) atoms. The molecule has 0 amide bonds. The van der Waals surface area contributed by atoms with E-state index in [9.17, 15) is 0 Å². The van der Waals surface area contributed by atoms with Crippen molar-refractivity contribution in [2.45, 2.75) is 0 Å². The van der Waals surface area contributed by atoms with Gasteiger partial charge in [0.2, 0.25) is 0 Å². The van der Waals surface area contributed by atoms with Gasteiger partial charge < -0.3 is 0 Å². The molecule has 0 saturated carbocycles. The first-order valence-electron chi connectivity index (χ1n) is 2.84. The highest BCUT2D eigenvalue weighted by Gasteiger charge is 2.01. The van der Waals surface area contributed by atoms with E-state index < -0.39 is 0 Å². The van der Waals surface area contributed by atoms with Crippen molar-refractivity contribution in [3.8, 4) is 0 Å². The summed E-state index contributed by atoms with van der Waals surface area (Å²) in [7, 11) is 1.95. The van der Waals surface area contributed by atoms with Crippen LogP contribution >= 0.6 is 27.3 Å². The molecular formula is C6H5BrN2S. The lowest BCUT2D eigenvalue weighted by Crippen LogP contribution is -1.86. The van der Waals surface area contributed by atoms with E-state index in [1.54, 1.807) is 11.3 Å². The van der Waals surface area contributed by atoms with Gasteiger partial charge in [0.05, 0.1) is 20.2 Å². The van der Waals surface area contributed by atoms with Crippen molar-refractivity contribution in [2.24, 2.45) is 7.05 Å². The van der Waals surface area contributed by atoms with E-state index in [0.717, 1.165) is 3.79 Å². The molecule has 2 nitrogen and oxygen atoms in total. The van der Waals surface area contributed by atoms with Crippen LogP contribution in [0.3, 0.4) is 0 Å². The second kappa shape index (κ2) is 2.07. The Morgan fingerprint density at radius 1 is 1.70 bits per heavy atom. The van der Waals surface area contributed by atoms with Crippen molar-refractivity contribution in [2.75, 3.05) is 0 Å². The fraction of sp³-hybridized carbons (Fsp3) is 0.167. The summed E-state index contributed by atoms with van der Waals surface area (Å²) in [4.78, 5) is 0. The van der Waals surface area contributed by atoms with Gasteiger partial charge in [0.1, 0.15) is 0 Å². The number of hydrogen-bond acceptors (Lipinski definition) is 2. The number of aromatic nitrogens is 2. The third-order valence-corrected chi connectivity index (χ3v) is 2.97. The minimum Gasteiger partial charge on any atom is -0.267 e. The molecule has 0 aliphatic rings. The Bertz CT molecular complexity index is 363. The highest BCUT2D eigenvalue weighted by molar-refractivity contribution is 9.11. The van der Waals surface area contributed by atoms with E-state index in [-0.39, 0.29) is 0 Å². The lowest BCUT2D eigenvalue weighted by Gasteiger charge is -1.84. The maximum atomic E-state index is 4.10. The van der Waals surface area contributed by atoms with E-state index in [0.29, 0.717) is 0 Å². The molecule has 4 heteroatoms. The van der Waals surface area contributed by atoms with Crippen LogP contribution in [-0.2, 0) is 7.05 Å². The molecule has 2 aromatic heterocycles. The predicted molar refractivity (Wildman–Crippen MR) is 46.3 cm³/mol. The van der Waals surface area contributed by atoms with Crippen LogP contribution in [0.1, 0.15) is 0 Å². The molecule has 0 aliphatic heterocycles. The molecule has 0 unspecified atom stereocenters. The third kappa shape index (κ3) is 0.793. The number of aryl methyl sites for hydroxylation is 1. The van der Waals surface area contributed by atoms with Gasteiger partial charge in [-0.1, -0.05) is 0 Å². The first kappa shape index (κ1) is 6.37. The molecule has 2 rings (SSSR count). The summed E-state index contributed by atoms with van der Waals surface area (Å²) in [6, 6.07) is 2.08. The zero-order valence-corrected chi connectivity index (χ0v) is 7.74. The molecule has 0 spiro atoms. The van der Waals surface area contributed by atoms with Crippen molar-refractivity contribution in [3.05, 3.63) is 16.0 Å². The molecule has 52 valence electrons. The minimum absolute atomic E-state index is 1.16. The number of hydrogen-bond donors (Lipinski definition) is 0. The van der Waals surface area contributed by atoms with Crippen LogP contribution in [0.2, 0.25) is 0 Å². The van der Waals surface area contributed by atoms with Crippen LogP contribution < -0.4 is 0 Å². The molecule has 0 aliphatic carbocycles. The topological polar surface area (TPSA) is 17.8 Å². The average molecular weight is 217 g/mol. The van der Waals surface area contributed by atoms with Crippen LogP contribution in [0.4, 0.5) is 0 Å². The van der Waals surface area contributed by atoms with Gasteiger partial charge in [0, 0.05) is 7.05 Å². The molecule has 0 radical (unpaired) electrons. The number of rotatable bonds is 0. The molecule has 0 saturated heterocycles. The van der Waals surface area contributed by atoms with Gasteiger partial charge in [-0.15, -0.1) is 11.3 Å². The van der Waals surface area contributed by atoms with Crippen LogP contribution in [0.25, 0.3) is 10.2 Å². The van der Waals surface area contributed by atoms with Crippen molar-refractivity contribution >= 4 is 37.5 Å². The van der Waals surface area contributed by atoms with Crippen LogP contribution in [0, 0.1) is 0 Å². The van der Waals surface area contributed by atoms with Gasteiger partial charge in [-0.2, -0.15) is 5.10 Å². The minimum atomic E-state index is 1.16. The molecule has 0 atom stereocenters. The fourth-order valence-corrected chi connectivity index (χ4v) is 2.43. The third-order valence-electron chi connectivity index (χ3n) is 1.41. The van der Waals surface area contributed by atoms with Gasteiger partial charge in [0.15, 0.2) is 0 Å². The zero-order valence-electron chi connectivity index (χ0n) is 5.34. The molecule has 2 aromatic rings. The number of thiophene rings is 1. The summed E-state index contributed by atoms with van der Waals surface area (Å²) in [5.74, 6) is 0. The van der Waals surface area contributed by atoms with Crippen LogP contribution in [0.15, 0.2) is 16.0 Å². The summed E-state index contributed by atoms with van der Waals surface area (Å²) in [6.45, 7) is 0. The molecular weight excluding hydrogens is 212 g/mol. The Labute approximate surface area is 70.6 Å². The van der Waals surface area contributed by atoms with Gasteiger partial charge in [-0.05, 0) is 22.0 Å². The van der Waals surface area contributed by atoms with Crippen molar-refractivity contribution in [1.29, 1.82) is 0 Å². The zero-order chi connectivity index (χ0) is 7.14. The standard InChI is InChI=1S/C6H5BrN2S/c1-9-4-2-6(7)10-5(4)3-8-9/h2-3H,1H3. The Balaban J connectivity index is 2.90. The fourth-order valence-electron chi connectivity index (χ4n) is 0.912. The highest BCUT2D eigenvalue weighted by atomic mass is 79.9. The first-order chi connectivity index (χ1) is 4.77. The van der Waals surface area contributed by atoms with E-state index in [2.05, 4.69) is 27.1 Å². The highest BCUT2D eigenvalue weighted by Crippen LogP contribution is 2.28. The summed E-state index contributed by atoms with van der Waals surface area (Å²) < 4.78 is 4.27. The average Bonchev–Trinajstić information content (AvgIpc) is 2.35. The Hall–Kier alpha value is -0.350. The van der Waals surface area contributed by atoms with Gasteiger partial charge in [-0.3, -0.25) is 4.68 Å². The SMILES string of the molecule is Cn1ncc2sc(Br)cc21. The van der Waals surface area contributed by atoms with Crippen molar-refractivity contribution < 1.29 is 0 Å². The summed E-state index contributed by atoms with van der Waals surface area (Å²) >= 11 is 5.12. The maximum absolute atomic E-state index is 4.10. The molecule has 0 aromatic carbocycles. The Morgan fingerprint density at radius 3 is 3.20 bits per heavy atom. The van der Waals surface area contributed by atoms with Gasteiger partial charge in [0.25, 0.3) is 0 Å². The van der Waals surface area contributed by atoms with E-state index in [1.165, 1.54) is 10.2 Å². The molecule has 0 bridgehead atoms. The van der Waals surface area contributed by atoms with Gasteiger partial charge in [-0.25, -0.2) is 0 Å². The van der Waals surface area contributed by atoms with Crippen molar-refractivity contribution in [3.63, 3.8) is 0 Å². The molecule has 0 fully saturated rings. The number of halogens is 1. The first-order valence-corrected chi connectivity index (χ1v) is 4.45. The summed E-state index contributed by atoms with van der Waals surface area (Å²) in [6.07, 6.45) is 1.88. The van der Waals surface area contributed by atoms with E-state index in [1.807, 2.05) is 17.9 Å². The van der Waals surface area contributed by atoms with E-state index >= 15 is 0 Å². The number of fused-ring (bicyclic) bond motifs is 1. The second-order valence-electron chi connectivity index (χ2n) is 2.07. The largest absolute Gasteiger partial charge is 0.267 e. The predicted octanol–water partition coefficient (Wildman–Crippen LogP) is 2.40. The van der Waals surface area contributed by atoms with Crippen molar-refractivity contribution in [1.82, 2.24) is 9.78 Å². The lowest BCUT2D eigenvalue weighted by atomic mass is 10.5. The molecule has 0 N–H and O–H groups in total. The summed E-state index contributed by atoms with van der Waals surface area (Å²) in [5, 5.41) is 4.10. The maximum Gasteiger partial charge on any atom is 0.0798 e. The second-order valence-corrected chi connectivity index (χ2v) is 4.53. The van der Waals surface area contributed by atoms with Crippen LogP contribution in [-0.4, -0.2) is 9.78 Å². The smallest absolute Gasteiger partial charge is 0.0798 e. The quantitative estimate of drug-likeness (QED) is 0.662. The van der Waals surface area contributed by atoms with Gasteiger partial charge >= 0.3 is 0 Å². The number of nitrogens with zero attached hydrogens (tertiary/aromatic N) is 2. The van der Waals surface area contributed by atoms with E-state index in [4.69, 9.17) is 0 Å². The monoisotopic (exact) mass is 216 g/mol. The Kier molecular flexibility index (Phi) is 1.32. The normalized spacial score (nSPS) is 11.0. The summed E-state index contributed by atoms with van der Waals surface area (Å²) in [5.41, 5.74) is 1.19. The molecule has 2 heterocycles.